The third-order valence-electron chi connectivity index (χ3n) is 4.56. The average Bonchev–Trinajstić information content (AvgIpc) is 3.23. The highest BCUT2D eigenvalue weighted by molar-refractivity contribution is 7.92. The number of fused-ring (bicyclic) bond motifs is 1. The van der Waals surface area contributed by atoms with Crippen molar-refractivity contribution >= 4 is 44.2 Å². The smallest absolute Gasteiger partial charge is 0.264 e. The number of hydrogen-bond acceptors (Lipinski definition) is 6. The highest BCUT2D eigenvalue weighted by atomic mass is 32.2. The van der Waals surface area contributed by atoms with Crippen LogP contribution in [0.15, 0.2) is 53.4 Å². The summed E-state index contributed by atoms with van der Waals surface area (Å²) in [6.07, 6.45) is 0.377. The Morgan fingerprint density at radius 1 is 1.03 bits per heavy atom. The van der Waals surface area contributed by atoms with Gasteiger partial charge >= 0.3 is 0 Å². The normalized spacial score (nSPS) is 11.8. The first-order valence-corrected chi connectivity index (χ1v) is 11.6. The number of aryl methyl sites for hydroxylation is 2. The van der Waals surface area contributed by atoms with Crippen LogP contribution in [0, 0.1) is 17.8 Å². The van der Waals surface area contributed by atoms with Crippen molar-refractivity contribution in [1.29, 1.82) is 0 Å². The standard InChI is InChI=1S/C19H19N5O2S3/c1-13-3-7-15(8-4-13)23(29(25,26)16-9-5-14(2)6-10-16)12-11-17-20-21-18-24(17)22-19(27)28-18/h3-10H,11-12H2,1-2H3,(H,22,27). The maximum atomic E-state index is 13.4. The van der Waals surface area contributed by atoms with E-state index >= 15 is 0 Å². The van der Waals surface area contributed by atoms with Crippen molar-refractivity contribution in [3.8, 4) is 0 Å². The van der Waals surface area contributed by atoms with Crippen molar-refractivity contribution in [2.75, 3.05) is 10.8 Å². The molecule has 0 bridgehead atoms. The van der Waals surface area contributed by atoms with Crippen molar-refractivity contribution in [3.63, 3.8) is 0 Å². The molecule has 0 atom stereocenters. The molecule has 7 nitrogen and oxygen atoms in total. The second-order valence-corrected chi connectivity index (χ2v) is 10.2. The van der Waals surface area contributed by atoms with E-state index in [0.29, 0.717) is 26.8 Å². The highest BCUT2D eigenvalue weighted by Gasteiger charge is 2.25. The molecule has 1 N–H and O–H groups in total. The van der Waals surface area contributed by atoms with Crippen molar-refractivity contribution in [2.45, 2.75) is 25.2 Å². The van der Waals surface area contributed by atoms with Gasteiger partial charge in [-0.25, -0.2) is 12.9 Å². The number of rotatable bonds is 6. The summed E-state index contributed by atoms with van der Waals surface area (Å²) in [5.41, 5.74) is 2.67. The summed E-state index contributed by atoms with van der Waals surface area (Å²) in [7, 11) is -3.74. The maximum absolute atomic E-state index is 13.4. The largest absolute Gasteiger partial charge is 0.271 e. The maximum Gasteiger partial charge on any atom is 0.264 e. The lowest BCUT2D eigenvalue weighted by Crippen LogP contribution is -2.33. The second kappa shape index (κ2) is 7.69. The minimum atomic E-state index is -3.74. The lowest BCUT2D eigenvalue weighted by Gasteiger charge is -2.24. The summed E-state index contributed by atoms with van der Waals surface area (Å²) in [4.78, 5) is 0.915. The Morgan fingerprint density at radius 2 is 1.66 bits per heavy atom. The molecule has 2 heterocycles. The molecule has 0 spiro atoms. The molecule has 150 valence electrons. The van der Waals surface area contributed by atoms with Gasteiger partial charge in [0, 0.05) is 13.0 Å². The number of nitrogens with zero attached hydrogens (tertiary/aromatic N) is 4. The number of hydrogen-bond donors (Lipinski definition) is 1. The van der Waals surface area contributed by atoms with Crippen LogP contribution in [0.1, 0.15) is 17.0 Å². The first-order valence-electron chi connectivity index (χ1n) is 8.94. The summed E-state index contributed by atoms with van der Waals surface area (Å²) < 4.78 is 30.6. The lowest BCUT2D eigenvalue weighted by atomic mass is 10.2. The fraction of sp³-hybridized carbons (Fsp3) is 0.211. The van der Waals surface area contributed by atoms with Gasteiger partial charge in [-0.2, -0.15) is 0 Å². The fourth-order valence-corrected chi connectivity index (χ4v) is 5.38. The Kier molecular flexibility index (Phi) is 5.24. The van der Waals surface area contributed by atoms with Crippen molar-refractivity contribution in [2.24, 2.45) is 0 Å². The molecular formula is C19H19N5O2S3. The summed E-state index contributed by atoms with van der Waals surface area (Å²) in [6, 6.07) is 14.3. The van der Waals surface area contributed by atoms with Crippen LogP contribution in [-0.4, -0.2) is 34.8 Å². The third-order valence-corrected chi connectivity index (χ3v) is 7.46. The molecule has 29 heavy (non-hydrogen) atoms. The first kappa shape index (κ1) is 19.7. The molecular weight excluding hydrogens is 426 g/mol. The van der Waals surface area contributed by atoms with Crippen LogP contribution >= 0.6 is 23.6 Å². The van der Waals surface area contributed by atoms with E-state index in [2.05, 4.69) is 15.3 Å². The van der Waals surface area contributed by atoms with Gasteiger partial charge in [0.05, 0.1) is 10.6 Å². The Hall–Kier alpha value is -2.56. The predicted octanol–water partition coefficient (Wildman–Crippen LogP) is 3.90. The molecule has 0 saturated heterocycles. The molecule has 0 radical (unpaired) electrons. The zero-order chi connectivity index (χ0) is 20.6. The topological polar surface area (TPSA) is 83.4 Å². The average molecular weight is 446 g/mol. The van der Waals surface area contributed by atoms with Gasteiger partial charge in [0.15, 0.2) is 9.78 Å². The van der Waals surface area contributed by atoms with Crippen LogP contribution in [0.25, 0.3) is 4.96 Å². The molecule has 0 saturated carbocycles. The molecule has 2 aromatic heterocycles. The van der Waals surface area contributed by atoms with E-state index < -0.39 is 10.0 Å². The van der Waals surface area contributed by atoms with Crippen LogP contribution in [0.5, 0.6) is 0 Å². The van der Waals surface area contributed by atoms with E-state index in [1.807, 2.05) is 38.1 Å². The van der Waals surface area contributed by atoms with Gasteiger partial charge in [-0.3, -0.25) is 9.40 Å². The van der Waals surface area contributed by atoms with Gasteiger partial charge < -0.3 is 0 Å². The van der Waals surface area contributed by atoms with Gasteiger partial charge in [0.25, 0.3) is 10.0 Å². The number of anilines is 1. The van der Waals surface area contributed by atoms with Crippen molar-refractivity contribution in [1.82, 2.24) is 19.8 Å². The molecule has 0 aliphatic heterocycles. The number of benzene rings is 2. The lowest BCUT2D eigenvalue weighted by molar-refractivity contribution is 0.589. The predicted molar refractivity (Wildman–Crippen MR) is 117 cm³/mol. The van der Waals surface area contributed by atoms with Gasteiger partial charge in [-0.1, -0.05) is 46.7 Å². The minimum Gasteiger partial charge on any atom is -0.271 e. The molecule has 0 aliphatic rings. The van der Waals surface area contributed by atoms with Crippen molar-refractivity contribution < 1.29 is 8.42 Å². The summed E-state index contributed by atoms with van der Waals surface area (Å²) >= 11 is 6.48. The van der Waals surface area contributed by atoms with Crippen LogP contribution in [-0.2, 0) is 16.4 Å². The molecule has 0 fully saturated rings. The SMILES string of the molecule is Cc1ccc(N(CCc2nnc3sc(=S)[nH]n23)S(=O)(=O)c2ccc(C)cc2)cc1. The van der Waals surface area contributed by atoms with Crippen molar-refractivity contribution in [3.05, 3.63) is 69.4 Å². The van der Waals surface area contributed by atoms with E-state index in [-0.39, 0.29) is 11.4 Å². The van der Waals surface area contributed by atoms with Gasteiger partial charge in [0.2, 0.25) is 4.96 Å². The molecule has 4 aromatic rings. The van der Waals surface area contributed by atoms with Crippen LogP contribution < -0.4 is 4.31 Å². The molecule has 4 rings (SSSR count). The van der Waals surface area contributed by atoms with E-state index in [0.717, 1.165) is 11.1 Å². The Labute approximate surface area is 177 Å². The Morgan fingerprint density at radius 3 is 2.31 bits per heavy atom. The highest BCUT2D eigenvalue weighted by Crippen LogP contribution is 2.25. The second-order valence-electron chi connectivity index (χ2n) is 6.71. The monoisotopic (exact) mass is 445 g/mol. The van der Waals surface area contributed by atoms with Gasteiger partial charge in [0.1, 0.15) is 0 Å². The van der Waals surface area contributed by atoms with Crippen LogP contribution in [0.3, 0.4) is 0 Å². The Bertz CT molecular complexity index is 1300. The summed E-state index contributed by atoms with van der Waals surface area (Å²) in [5.74, 6) is 0.628. The van der Waals surface area contributed by atoms with Crippen LogP contribution in [0.4, 0.5) is 5.69 Å². The van der Waals surface area contributed by atoms with Gasteiger partial charge in [-0.15, -0.1) is 10.2 Å². The van der Waals surface area contributed by atoms with E-state index in [4.69, 9.17) is 12.2 Å². The molecule has 0 amide bonds. The molecule has 0 aliphatic carbocycles. The third kappa shape index (κ3) is 3.96. The van der Waals surface area contributed by atoms with Crippen LogP contribution in [0.2, 0.25) is 0 Å². The van der Waals surface area contributed by atoms with E-state index in [9.17, 15) is 8.42 Å². The number of nitrogens with one attached hydrogen (secondary N) is 1. The first-order chi connectivity index (χ1) is 13.8. The Balaban J connectivity index is 1.71. The minimum absolute atomic E-state index is 0.219. The zero-order valence-electron chi connectivity index (χ0n) is 15.9. The number of H-pyrrole nitrogens is 1. The molecule has 2 aromatic carbocycles. The number of aromatic amines is 1. The fourth-order valence-electron chi connectivity index (χ4n) is 2.98. The summed E-state index contributed by atoms with van der Waals surface area (Å²) in [6.45, 7) is 4.11. The van der Waals surface area contributed by atoms with E-state index in [1.54, 1.807) is 28.8 Å². The number of sulfonamides is 1. The molecule has 0 unspecified atom stereocenters. The quantitative estimate of drug-likeness (QED) is 0.455. The van der Waals surface area contributed by atoms with Gasteiger partial charge in [-0.05, 0) is 50.3 Å². The van der Waals surface area contributed by atoms with E-state index in [1.165, 1.54) is 15.6 Å². The zero-order valence-corrected chi connectivity index (χ0v) is 18.3. The summed E-state index contributed by atoms with van der Waals surface area (Å²) in [5, 5.41) is 11.3. The number of aromatic nitrogens is 4. The molecule has 10 heteroatoms.